The molecule has 6 atom stereocenters. The molecule has 1 aromatic rings. The Morgan fingerprint density at radius 3 is 2.73 bits per heavy atom. The minimum absolute atomic E-state index is 0.120. The van der Waals surface area contributed by atoms with Gasteiger partial charge in [-0.1, -0.05) is 12.2 Å². The molecule has 6 heteroatoms. The summed E-state index contributed by atoms with van der Waals surface area (Å²) in [7, 11) is 0. The first-order chi connectivity index (χ1) is 10.6. The van der Waals surface area contributed by atoms with Crippen molar-refractivity contribution in [3.05, 3.63) is 35.4 Å². The Labute approximate surface area is 127 Å². The quantitative estimate of drug-likeness (QED) is 0.586. The highest BCUT2D eigenvalue weighted by Gasteiger charge is 2.60. The fraction of sp³-hybridized carbons (Fsp3) is 0.500. The van der Waals surface area contributed by atoms with Crippen LogP contribution in [0.25, 0.3) is 0 Å². The van der Waals surface area contributed by atoms with Crippen LogP contribution in [0.5, 0.6) is 11.5 Å². The molecule has 116 valence electrons. The van der Waals surface area contributed by atoms with Crippen molar-refractivity contribution in [2.75, 3.05) is 13.3 Å². The molecule has 1 aromatic carbocycles. The van der Waals surface area contributed by atoms with Crippen LogP contribution in [-0.4, -0.2) is 51.8 Å². The van der Waals surface area contributed by atoms with Crippen LogP contribution in [0, 0.1) is 0 Å². The number of hydrogen-bond donors (Lipinski definition) is 3. The molecule has 3 N–H and O–H groups in total. The van der Waals surface area contributed by atoms with Gasteiger partial charge in [-0.05, 0) is 24.1 Å². The number of aliphatic hydroxyl groups excluding tert-OH is 3. The van der Waals surface area contributed by atoms with Gasteiger partial charge in [0.05, 0.1) is 17.6 Å². The average Bonchev–Trinajstić information content (AvgIpc) is 3.05. The van der Waals surface area contributed by atoms with Crippen LogP contribution in [0.4, 0.5) is 0 Å². The van der Waals surface area contributed by atoms with Gasteiger partial charge in [-0.2, -0.15) is 0 Å². The lowest BCUT2D eigenvalue weighted by molar-refractivity contribution is -0.0364. The summed E-state index contributed by atoms with van der Waals surface area (Å²) in [4.78, 5) is 1.88. The lowest BCUT2D eigenvalue weighted by atomic mass is 9.65. The van der Waals surface area contributed by atoms with Crippen LogP contribution in [0.2, 0.25) is 0 Å². The summed E-state index contributed by atoms with van der Waals surface area (Å²) in [5, 5.41) is 31.4. The summed E-state index contributed by atoms with van der Waals surface area (Å²) in [6.07, 6.45) is 2.17. The monoisotopic (exact) mass is 303 g/mol. The zero-order chi connectivity index (χ0) is 15.1. The third-order valence-corrected chi connectivity index (χ3v) is 5.55. The second-order valence-corrected chi connectivity index (χ2v) is 6.49. The maximum atomic E-state index is 10.7. The van der Waals surface area contributed by atoms with Gasteiger partial charge < -0.3 is 24.8 Å². The Morgan fingerprint density at radius 1 is 1.14 bits per heavy atom. The zero-order valence-corrected chi connectivity index (χ0v) is 11.8. The molecular weight excluding hydrogens is 286 g/mol. The van der Waals surface area contributed by atoms with E-state index in [4.69, 9.17) is 9.47 Å². The van der Waals surface area contributed by atoms with Gasteiger partial charge in [0.1, 0.15) is 6.23 Å². The Bertz CT molecular complexity index is 689. The number of benzene rings is 1. The highest BCUT2D eigenvalue weighted by Crippen LogP contribution is 2.56. The fourth-order valence-corrected chi connectivity index (χ4v) is 4.55. The molecule has 2 unspecified atom stereocenters. The summed E-state index contributed by atoms with van der Waals surface area (Å²) in [5.41, 5.74) is 1.02. The molecule has 1 fully saturated rings. The van der Waals surface area contributed by atoms with E-state index in [1.54, 1.807) is 6.08 Å². The molecule has 1 aliphatic carbocycles. The van der Waals surface area contributed by atoms with Gasteiger partial charge in [-0.15, -0.1) is 0 Å². The summed E-state index contributed by atoms with van der Waals surface area (Å²) in [6.45, 7) is 0.551. The van der Waals surface area contributed by atoms with Crippen molar-refractivity contribution in [2.45, 2.75) is 36.3 Å². The molecule has 3 heterocycles. The highest BCUT2D eigenvalue weighted by molar-refractivity contribution is 5.57. The van der Waals surface area contributed by atoms with Crippen molar-refractivity contribution < 1.29 is 24.8 Å². The van der Waals surface area contributed by atoms with E-state index in [-0.39, 0.29) is 12.8 Å². The first-order valence-corrected chi connectivity index (χ1v) is 7.54. The predicted octanol–water partition coefficient (Wildman–Crippen LogP) is 0.0235. The second-order valence-electron chi connectivity index (χ2n) is 6.49. The predicted molar refractivity (Wildman–Crippen MR) is 75.5 cm³/mol. The Balaban J connectivity index is 1.79. The molecule has 0 saturated carbocycles. The normalized spacial score (nSPS) is 43.9. The summed E-state index contributed by atoms with van der Waals surface area (Å²) < 4.78 is 10.9. The van der Waals surface area contributed by atoms with Crippen molar-refractivity contribution in [1.82, 2.24) is 4.90 Å². The number of ether oxygens (including phenoxy) is 2. The molecular formula is C16H17NO5. The van der Waals surface area contributed by atoms with Crippen LogP contribution >= 0.6 is 0 Å². The van der Waals surface area contributed by atoms with Gasteiger partial charge in [0, 0.05) is 18.2 Å². The fourth-order valence-electron chi connectivity index (χ4n) is 4.55. The van der Waals surface area contributed by atoms with E-state index >= 15 is 0 Å². The molecule has 4 aliphatic rings. The number of hydrogen-bond acceptors (Lipinski definition) is 6. The minimum Gasteiger partial charge on any atom is -0.454 e. The third kappa shape index (κ3) is 1.34. The molecule has 0 spiro atoms. The molecule has 3 aliphatic heterocycles. The zero-order valence-electron chi connectivity index (χ0n) is 11.8. The molecule has 0 amide bonds. The van der Waals surface area contributed by atoms with Gasteiger partial charge in [-0.25, -0.2) is 0 Å². The van der Waals surface area contributed by atoms with E-state index in [1.807, 2.05) is 23.1 Å². The number of rotatable bonds is 0. The first kappa shape index (κ1) is 12.9. The largest absolute Gasteiger partial charge is 0.454 e. The van der Waals surface area contributed by atoms with Gasteiger partial charge >= 0.3 is 0 Å². The summed E-state index contributed by atoms with van der Waals surface area (Å²) in [5.74, 6) is 1.27. The summed E-state index contributed by atoms with van der Waals surface area (Å²) >= 11 is 0. The second kappa shape index (κ2) is 4.02. The van der Waals surface area contributed by atoms with Gasteiger partial charge in [0.2, 0.25) is 6.79 Å². The van der Waals surface area contributed by atoms with Crippen molar-refractivity contribution in [1.29, 1.82) is 0 Å². The van der Waals surface area contributed by atoms with Crippen molar-refractivity contribution in [3.63, 3.8) is 0 Å². The van der Waals surface area contributed by atoms with Crippen LogP contribution in [0.3, 0.4) is 0 Å². The van der Waals surface area contributed by atoms with E-state index in [0.717, 1.165) is 11.1 Å². The van der Waals surface area contributed by atoms with Gasteiger partial charge in [-0.3, -0.25) is 4.90 Å². The van der Waals surface area contributed by atoms with Crippen LogP contribution in [-0.2, 0) is 5.41 Å². The first-order valence-electron chi connectivity index (χ1n) is 7.54. The molecule has 5 rings (SSSR count). The van der Waals surface area contributed by atoms with E-state index in [1.165, 1.54) is 0 Å². The lowest BCUT2D eigenvalue weighted by Crippen LogP contribution is -2.53. The van der Waals surface area contributed by atoms with Crippen molar-refractivity contribution in [2.24, 2.45) is 0 Å². The van der Waals surface area contributed by atoms with Crippen molar-refractivity contribution in [3.8, 4) is 11.5 Å². The molecule has 0 aromatic heterocycles. The standard InChI is InChI=1S/C16H17NO5/c18-8-1-2-16-10-5-12-11(21-7-22-12)4-9(10)15(20)17(6-14(16)19)13(16)3-8/h1-2,4-5,8,13-15,18-20H,3,6-7H2/t8-,13-,14?,15+,16+/m1/s1. The van der Waals surface area contributed by atoms with Gasteiger partial charge in [0.15, 0.2) is 11.5 Å². The van der Waals surface area contributed by atoms with Crippen LogP contribution < -0.4 is 9.47 Å². The Hall–Kier alpha value is -1.60. The highest BCUT2D eigenvalue weighted by atomic mass is 16.7. The lowest BCUT2D eigenvalue weighted by Gasteiger charge is -2.47. The molecule has 2 bridgehead atoms. The number of aliphatic hydroxyl groups is 3. The average molecular weight is 303 g/mol. The smallest absolute Gasteiger partial charge is 0.231 e. The third-order valence-electron chi connectivity index (χ3n) is 5.55. The summed E-state index contributed by atoms with van der Waals surface area (Å²) in [6, 6.07) is 3.57. The molecule has 0 radical (unpaired) electrons. The van der Waals surface area contributed by atoms with E-state index in [0.29, 0.717) is 24.5 Å². The SMILES string of the molecule is OC1CN2[C@@H](O)c3cc4c(cc3[C@]13C=C[C@@H](O)C[C@@H]23)OCO4. The van der Waals surface area contributed by atoms with Crippen LogP contribution in [0.15, 0.2) is 24.3 Å². The molecule has 22 heavy (non-hydrogen) atoms. The number of nitrogens with zero attached hydrogens (tertiary/aromatic N) is 1. The molecule has 6 nitrogen and oxygen atoms in total. The van der Waals surface area contributed by atoms with Crippen molar-refractivity contribution >= 4 is 0 Å². The maximum Gasteiger partial charge on any atom is 0.231 e. The topological polar surface area (TPSA) is 82.4 Å². The van der Waals surface area contributed by atoms with E-state index < -0.39 is 23.9 Å². The van der Waals surface area contributed by atoms with Gasteiger partial charge in [0.25, 0.3) is 0 Å². The van der Waals surface area contributed by atoms with E-state index in [9.17, 15) is 15.3 Å². The minimum atomic E-state index is -0.807. The number of fused-ring (bicyclic) bond motifs is 2. The van der Waals surface area contributed by atoms with E-state index in [2.05, 4.69) is 0 Å². The molecule has 1 saturated heterocycles. The van der Waals surface area contributed by atoms with Crippen LogP contribution in [0.1, 0.15) is 23.8 Å². The maximum absolute atomic E-state index is 10.7. The Kier molecular flexibility index (Phi) is 2.36. The Morgan fingerprint density at radius 2 is 1.91 bits per heavy atom.